The van der Waals surface area contributed by atoms with Gasteiger partial charge in [0.15, 0.2) is 0 Å². The number of hydrogen-bond acceptors (Lipinski definition) is 7. The molecule has 0 radical (unpaired) electrons. The summed E-state index contributed by atoms with van der Waals surface area (Å²) in [6, 6.07) is 13.2. The van der Waals surface area contributed by atoms with Crippen molar-refractivity contribution >= 4 is 5.97 Å². The lowest BCUT2D eigenvalue weighted by Gasteiger charge is -2.26. The number of rotatable bonds is 8. The van der Waals surface area contributed by atoms with Crippen LogP contribution in [0.2, 0.25) is 0 Å². The lowest BCUT2D eigenvalue weighted by molar-refractivity contribution is -0.134. The summed E-state index contributed by atoms with van der Waals surface area (Å²) in [5.41, 5.74) is 2.27. The fourth-order valence-corrected chi connectivity index (χ4v) is 3.45. The third-order valence-electron chi connectivity index (χ3n) is 5.57. The summed E-state index contributed by atoms with van der Waals surface area (Å²) in [5.74, 6) is 5.62. The van der Waals surface area contributed by atoms with Gasteiger partial charge in [0, 0.05) is 29.7 Å². The number of carbonyl (C=O) groups is 1. The molecule has 1 fully saturated rings. The number of ether oxygens (including phenoxy) is 2. The summed E-state index contributed by atoms with van der Waals surface area (Å²) in [4.78, 5) is 30.5. The van der Waals surface area contributed by atoms with Gasteiger partial charge < -0.3 is 24.9 Å². The molecule has 0 unspecified atom stereocenters. The van der Waals surface area contributed by atoms with Crippen LogP contribution in [0.4, 0.5) is 0 Å². The summed E-state index contributed by atoms with van der Waals surface area (Å²) >= 11 is 0. The Labute approximate surface area is 203 Å². The van der Waals surface area contributed by atoms with Crippen molar-refractivity contribution in [3.63, 3.8) is 0 Å². The summed E-state index contributed by atoms with van der Waals surface area (Å²) in [5, 5.41) is 13.7. The molecule has 0 amide bonds. The van der Waals surface area contributed by atoms with Crippen molar-refractivity contribution in [3.8, 4) is 34.6 Å². The molecule has 0 aliphatic carbocycles. The number of nitrogens with one attached hydrogen (secondary N) is 2. The lowest BCUT2D eigenvalue weighted by Crippen LogP contribution is -2.45. The van der Waals surface area contributed by atoms with Crippen LogP contribution in [0.1, 0.15) is 42.9 Å². The molecule has 3 aromatic rings. The topological polar surface area (TPSA) is 114 Å². The molecule has 1 aliphatic rings. The van der Waals surface area contributed by atoms with E-state index in [1.807, 2.05) is 31.2 Å². The number of benzene rings is 2. The highest BCUT2D eigenvalue weighted by molar-refractivity contribution is 5.77. The molecule has 1 aliphatic heterocycles. The van der Waals surface area contributed by atoms with Crippen molar-refractivity contribution in [3.05, 3.63) is 75.8 Å². The van der Waals surface area contributed by atoms with Gasteiger partial charge in [0.1, 0.15) is 11.4 Å². The number of carbonyl (C=O) groups excluding carboxylic acids is 1. The number of H-pyrrole nitrogens is 1. The van der Waals surface area contributed by atoms with Gasteiger partial charge in [-0.2, -0.15) is 0 Å². The van der Waals surface area contributed by atoms with Crippen molar-refractivity contribution < 1.29 is 19.4 Å². The van der Waals surface area contributed by atoms with Crippen LogP contribution < -0.4 is 15.6 Å². The number of aromatic nitrogens is 2. The molecule has 1 aromatic heterocycles. The zero-order valence-corrected chi connectivity index (χ0v) is 19.5. The average molecular weight is 474 g/mol. The van der Waals surface area contributed by atoms with Gasteiger partial charge in [-0.1, -0.05) is 37.3 Å². The van der Waals surface area contributed by atoms with Crippen LogP contribution >= 0.6 is 0 Å². The van der Waals surface area contributed by atoms with Gasteiger partial charge in [-0.05, 0) is 42.3 Å². The predicted octanol–water partition coefficient (Wildman–Crippen LogP) is 3.13. The molecule has 180 valence electrons. The minimum atomic E-state index is -0.670. The number of esters is 1. The Morgan fingerprint density at radius 3 is 2.74 bits per heavy atom. The van der Waals surface area contributed by atoms with Crippen LogP contribution in [-0.4, -0.2) is 40.3 Å². The highest BCUT2D eigenvalue weighted by Gasteiger charge is 2.17. The third kappa shape index (κ3) is 6.35. The number of aromatic hydroxyl groups is 1. The smallest absolute Gasteiger partial charge is 0.311 e. The molecule has 0 bridgehead atoms. The molecule has 4 rings (SSSR count). The number of nitrogens with zero attached hydrogens (tertiary/aromatic N) is 1. The Balaban J connectivity index is 1.59. The molecule has 35 heavy (non-hydrogen) atoms. The van der Waals surface area contributed by atoms with Crippen molar-refractivity contribution in [1.29, 1.82) is 0 Å². The first-order chi connectivity index (χ1) is 17.0. The first-order valence-electron chi connectivity index (χ1n) is 11.6. The minimum Gasteiger partial charge on any atom is -0.502 e. The Morgan fingerprint density at radius 1 is 1.23 bits per heavy atom. The summed E-state index contributed by atoms with van der Waals surface area (Å²) in [6.07, 6.45) is 3.13. The van der Waals surface area contributed by atoms with E-state index >= 15 is 0 Å². The quantitative estimate of drug-likeness (QED) is 0.262. The number of hydrogen-bond donors (Lipinski definition) is 3. The highest BCUT2D eigenvalue weighted by atomic mass is 16.5. The van der Waals surface area contributed by atoms with Crippen LogP contribution in [0, 0.1) is 11.8 Å². The second kappa shape index (κ2) is 11.5. The lowest BCUT2D eigenvalue weighted by atomic mass is 10.0. The molecule has 2 heterocycles. The van der Waals surface area contributed by atoms with Gasteiger partial charge >= 0.3 is 5.97 Å². The number of aromatic amines is 1. The van der Waals surface area contributed by atoms with Gasteiger partial charge in [-0.25, -0.2) is 4.98 Å². The SMILES string of the molecule is CCCCC(=O)Oc1ccc(C#Cc2ccc(CNC3COC3)cc2)c(-c2nc[nH]c(=O)c2O)c1. The maximum absolute atomic E-state index is 12.1. The van der Waals surface area contributed by atoms with E-state index in [1.54, 1.807) is 18.2 Å². The Morgan fingerprint density at radius 2 is 2.03 bits per heavy atom. The molecule has 0 atom stereocenters. The second-order valence-corrected chi connectivity index (χ2v) is 8.28. The van der Waals surface area contributed by atoms with Crippen molar-refractivity contribution in [2.45, 2.75) is 38.8 Å². The maximum atomic E-state index is 12.1. The van der Waals surface area contributed by atoms with E-state index in [1.165, 1.54) is 6.33 Å². The van der Waals surface area contributed by atoms with Crippen LogP contribution in [0.25, 0.3) is 11.3 Å². The Bertz CT molecular complexity index is 1300. The zero-order valence-electron chi connectivity index (χ0n) is 19.5. The molecule has 0 spiro atoms. The standard InChI is InChI=1S/C27H27N3O5/c1-2-3-4-24(31)35-22-12-11-20(23(13-22)25-26(32)27(33)30-17-29-25)10-9-18-5-7-19(8-6-18)14-28-21-15-34-16-21/h5-8,11-13,17,21,28,32H,2-4,14-16H2,1H3,(H,29,30,33). The van der Waals surface area contributed by atoms with Gasteiger partial charge in [0.25, 0.3) is 5.56 Å². The molecule has 3 N–H and O–H groups in total. The van der Waals surface area contributed by atoms with E-state index in [0.29, 0.717) is 29.3 Å². The van der Waals surface area contributed by atoms with Crippen LogP contribution in [0.15, 0.2) is 53.6 Å². The van der Waals surface area contributed by atoms with Crippen LogP contribution in [-0.2, 0) is 16.1 Å². The van der Waals surface area contributed by atoms with E-state index in [4.69, 9.17) is 9.47 Å². The first-order valence-corrected chi connectivity index (χ1v) is 11.6. The molecular weight excluding hydrogens is 446 g/mol. The van der Waals surface area contributed by atoms with Crippen molar-refractivity contribution in [1.82, 2.24) is 15.3 Å². The monoisotopic (exact) mass is 473 g/mol. The molecule has 8 heteroatoms. The Kier molecular flexibility index (Phi) is 7.93. The van der Waals surface area contributed by atoms with Crippen LogP contribution in [0.5, 0.6) is 11.5 Å². The normalized spacial score (nSPS) is 12.9. The maximum Gasteiger partial charge on any atom is 0.311 e. The van der Waals surface area contributed by atoms with Gasteiger partial charge in [0.05, 0.1) is 25.6 Å². The average Bonchev–Trinajstić information content (AvgIpc) is 2.83. The zero-order chi connectivity index (χ0) is 24.6. The Hall–Kier alpha value is -3.93. The summed E-state index contributed by atoms with van der Waals surface area (Å²) in [6.45, 7) is 4.26. The fourth-order valence-electron chi connectivity index (χ4n) is 3.45. The van der Waals surface area contributed by atoms with E-state index in [9.17, 15) is 14.7 Å². The van der Waals surface area contributed by atoms with E-state index < -0.39 is 11.3 Å². The van der Waals surface area contributed by atoms with E-state index in [0.717, 1.165) is 43.7 Å². The van der Waals surface area contributed by atoms with Crippen molar-refractivity contribution in [2.75, 3.05) is 13.2 Å². The first kappa shape index (κ1) is 24.2. The van der Waals surface area contributed by atoms with Gasteiger partial charge in [-0.15, -0.1) is 0 Å². The van der Waals surface area contributed by atoms with Crippen LogP contribution in [0.3, 0.4) is 0 Å². The molecule has 2 aromatic carbocycles. The molecule has 1 saturated heterocycles. The third-order valence-corrected chi connectivity index (χ3v) is 5.57. The molecule has 8 nitrogen and oxygen atoms in total. The van der Waals surface area contributed by atoms with E-state index in [-0.39, 0.29) is 11.7 Å². The van der Waals surface area contributed by atoms with Crippen molar-refractivity contribution in [2.24, 2.45) is 0 Å². The largest absolute Gasteiger partial charge is 0.502 e. The highest BCUT2D eigenvalue weighted by Crippen LogP contribution is 2.30. The summed E-state index contributed by atoms with van der Waals surface area (Å²) < 4.78 is 10.6. The minimum absolute atomic E-state index is 0.0610. The predicted molar refractivity (Wildman–Crippen MR) is 131 cm³/mol. The number of unbranched alkanes of at least 4 members (excludes halogenated alkanes) is 1. The summed E-state index contributed by atoms with van der Waals surface area (Å²) in [7, 11) is 0. The second-order valence-electron chi connectivity index (χ2n) is 8.28. The van der Waals surface area contributed by atoms with E-state index in [2.05, 4.69) is 27.1 Å². The molecule has 0 saturated carbocycles. The van der Waals surface area contributed by atoms with Gasteiger partial charge in [0.2, 0.25) is 5.75 Å². The fraction of sp³-hybridized carbons (Fsp3) is 0.296. The molecular formula is C27H27N3O5. The van der Waals surface area contributed by atoms with Gasteiger partial charge in [-0.3, -0.25) is 9.59 Å².